The van der Waals surface area contributed by atoms with Gasteiger partial charge in [0, 0.05) is 6.42 Å². The highest BCUT2D eigenvalue weighted by Gasteiger charge is 2.64. The minimum atomic E-state index is -0.0532. The molecule has 0 radical (unpaired) electrons. The van der Waals surface area contributed by atoms with Crippen LogP contribution in [0.4, 0.5) is 0 Å². The highest BCUT2D eigenvalue weighted by Crippen LogP contribution is 2.67. The van der Waals surface area contributed by atoms with Gasteiger partial charge in [-0.2, -0.15) is 0 Å². The first kappa shape index (κ1) is 13.3. The standard InChI is InChI=1S/C18H28O2/c1-16(2)12-6-9-17(16,3)14(10-12)20-15-11-13(19)18(15)7-4-5-8-18/h12,14-15H,4-11H2,1-3H3. The summed E-state index contributed by atoms with van der Waals surface area (Å²) in [6.07, 6.45) is 9.87. The zero-order chi connectivity index (χ0) is 14.2. The van der Waals surface area contributed by atoms with E-state index in [-0.39, 0.29) is 11.5 Å². The van der Waals surface area contributed by atoms with Crippen molar-refractivity contribution in [3.05, 3.63) is 0 Å². The molecule has 1 spiro atoms. The van der Waals surface area contributed by atoms with Crippen LogP contribution in [0.3, 0.4) is 0 Å². The summed E-state index contributed by atoms with van der Waals surface area (Å²) in [6.45, 7) is 7.31. The zero-order valence-corrected chi connectivity index (χ0v) is 13.2. The predicted molar refractivity (Wildman–Crippen MR) is 78.4 cm³/mol. The van der Waals surface area contributed by atoms with Gasteiger partial charge in [0.05, 0.1) is 17.6 Å². The van der Waals surface area contributed by atoms with Crippen molar-refractivity contribution in [2.24, 2.45) is 22.2 Å². The maximum atomic E-state index is 12.1. The lowest BCUT2D eigenvalue weighted by atomic mass is 9.63. The molecular weight excluding hydrogens is 248 g/mol. The molecule has 4 saturated carbocycles. The van der Waals surface area contributed by atoms with Gasteiger partial charge in [-0.1, -0.05) is 33.6 Å². The average Bonchev–Trinajstić information content (AvgIpc) is 3.03. The normalized spacial score (nSPS) is 48.0. The molecule has 2 heteroatoms. The first-order valence-corrected chi connectivity index (χ1v) is 8.59. The molecule has 4 rings (SSSR count). The fraction of sp³-hybridized carbons (Fsp3) is 0.944. The Morgan fingerprint density at radius 3 is 2.25 bits per heavy atom. The monoisotopic (exact) mass is 276 g/mol. The third-order valence-corrected chi connectivity index (χ3v) is 8.08. The molecule has 0 aromatic rings. The van der Waals surface area contributed by atoms with Crippen molar-refractivity contribution in [2.75, 3.05) is 0 Å². The molecule has 20 heavy (non-hydrogen) atoms. The highest BCUT2D eigenvalue weighted by molar-refractivity contribution is 5.92. The number of ketones is 1. The van der Waals surface area contributed by atoms with Gasteiger partial charge in [0.1, 0.15) is 5.78 Å². The van der Waals surface area contributed by atoms with E-state index < -0.39 is 0 Å². The fourth-order valence-corrected chi connectivity index (χ4v) is 5.93. The molecular formula is C18H28O2. The van der Waals surface area contributed by atoms with Crippen LogP contribution in [0, 0.1) is 22.2 Å². The van der Waals surface area contributed by atoms with E-state index in [0.29, 0.717) is 29.1 Å². The summed E-state index contributed by atoms with van der Waals surface area (Å²) in [5.41, 5.74) is 0.687. The smallest absolute Gasteiger partial charge is 0.144 e. The molecule has 0 heterocycles. The van der Waals surface area contributed by atoms with Crippen molar-refractivity contribution in [3.63, 3.8) is 0 Å². The molecule has 0 saturated heterocycles. The Bertz CT molecular complexity index is 446. The number of hydrogen-bond acceptors (Lipinski definition) is 2. The van der Waals surface area contributed by atoms with Crippen LogP contribution < -0.4 is 0 Å². The van der Waals surface area contributed by atoms with Gasteiger partial charge in [0.2, 0.25) is 0 Å². The molecule has 4 aliphatic carbocycles. The molecule has 4 aliphatic rings. The van der Waals surface area contributed by atoms with Crippen LogP contribution in [0.1, 0.15) is 72.1 Å². The summed E-state index contributed by atoms with van der Waals surface area (Å²) in [7, 11) is 0. The van der Waals surface area contributed by atoms with Gasteiger partial charge in [-0.15, -0.1) is 0 Å². The van der Waals surface area contributed by atoms with Crippen molar-refractivity contribution in [1.29, 1.82) is 0 Å². The minimum absolute atomic E-state index is 0.0532. The van der Waals surface area contributed by atoms with E-state index in [0.717, 1.165) is 18.8 Å². The van der Waals surface area contributed by atoms with Crippen molar-refractivity contribution in [3.8, 4) is 0 Å². The van der Waals surface area contributed by atoms with E-state index in [1.165, 1.54) is 32.1 Å². The van der Waals surface area contributed by atoms with Crippen LogP contribution >= 0.6 is 0 Å². The van der Waals surface area contributed by atoms with E-state index in [1.807, 2.05) is 0 Å². The first-order valence-electron chi connectivity index (χ1n) is 8.59. The maximum Gasteiger partial charge on any atom is 0.144 e. The SMILES string of the molecule is CC1(C)C2CCC1(C)C(OC1CC(=O)C13CCCC3)C2. The Morgan fingerprint density at radius 1 is 1.05 bits per heavy atom. The Balaban J connectivity index is 1.53. The second-order valence-corrected chi connectivity index (χ2v) is 8.71. The molecule has 4 fully saturated rings. The quantitative estimate of drug-likeness (QED) is 0.758. The van der Waals surface area contributed by atoms with Crippen LogP contribution in [-0.4, -0.2) is 18.0 Å². The van der Waals surface area contributed by atoms with Gasteiger partial charge in [-0.05, 0) is 48.9 Å². The van der Waals surface area contributed by atoms with Gasteiger partial charge in [0.25, 0.3) is 0 Å². The molecule has 0 amide bonds. The van der Waals surface area contributed by atoms with Gasteiger partial charge in [0.15, 0.2) is 0 Å². The number of rotatable bonds is 2. The predicted octanol–water partition coefficient (Wildman–Crippen LogP) is 4.12. The number of hydrogen-bond donors (Lipinski definition) is 0. The minimum Gasteiger partial charge on any atom is -0.373 e. The number of fused-ring (bicyclic) bond motifs is 2. The largest absolute Gasteiger partial charge is 0.373 e. The maximum absolute atomic E-state index is 12.1. The second kappa shape index (κ2) is 3.88. The van der Waals surface area contributed by atoms with Crippen molar-refractivity contribution in [1.82, 2.24) is 0 Å². The van der Waals surface area contributed by atoms with Gasteiger partial charge < -0.3 is 4.74 Å². The van der Waals surface area contributed by atoms with Gasteiger partial charge in [-0.25, -0.2) is 0 Å². The van der Waals surface area contributed by atoms with Crippen LogP contribution in [0.2, 0.25) is 0 Å². The first-order chi connectivity index (χ1) is 9.40. The lowest BCUT2D eigenvalue weighted by molar-refractivity contribution is -0.184. The molecule has 0 aromatic heterocycles. The number of ether oxygens (including phenoxy) is 1. The molecule has 4 unspecified atom stereocenters. The molecule has 0 aliphatic heterocycles. The lowest BCUT2D eigenvalue weighted by Gasteiger charge is -2.49. The Kier molecular flexibility index (Phi) is 2.58. The third-order valence-electron chi connectivity index (χ3n) is 8.08. The number of Topliss-reactive ketones (excluding diaryl/α,β-unsaturated/α-hetero) is 1. The average molecular weight is 276 g/mol. The molecule has 0 aromatic carbocycles. The Morgan fingerprint density at radius 2 is 1.75 bits per heavy atom. The summed E-state index contributed by atoms with van der Waals surface area (Å²) in [5.74, 6) is 1.32. The molecule has 2 nitrogen and oxygen atoms in total. The topological polar surface area (TPSA) is 26.3 Å². The van der Waals surface area contributed by atoms with Gasteiger partial charge >= 0.3 is 0 Å². The number of carbonyl (C=O) groups excluding carboxylic acids is 1. The van der Waals surface area contributed by atoms with E-state index in [1.54, 1.807) is 0 Å². The van der Waals surface area contributed by atoms with E-state index in [9.17, 15) is 4.79 Å². The van der Waals surface area contributed by atoms with Crippen LogP contribution in [-0.2, 0) is 9.53 Å². The fourth-order valence-electron chi connectivity index (χ4n) is 5.93. The molecule has 4 atom stereocenters. The summed E-state index contributed by atoms with van der Waals surface area (Å²) in [5, 5.41) is 0. The van der Waals surface area contributed by atoms with Crippen LogP contribution in [0.25, 0.3) is 0 Å². The van der Waals surface area contributed by atoms with Crippen molar-refractivity contribution >= 4 is 5.78 Å². The van der Waals surface area contributed by atoms with Crippen LogP contribution in [0.5, 0.6) is 0 Å². The molecule has 112 valence electrons. The third kappa shape index (κ3) is 1.37. The van der Waals surface area contributed by atoms with Crippen LogP contribution in [0.15, 0.2) is 0 Å². The Labute approximate surface area is 122 Å². The summed E-state index contributed by atoms with van der Waals surface area (Å²) >= 11 is 0. The number of carbonyl (C=O) groups is 1. The Hall–Kier alpha value is -0.370. The van der Waals surface area contributed by atoms with Crippen molar-refractivity contribution < 1.29 is 9.53 Å². The summed E-state index contributed by atoms with van der Waals surface area (Å²) in [4.78, 5) is 12.1. The van der Waals surface area contributed by atoms with E-state index in [4.69, 9.17) is 4.74 Å². The van der Waals surface area contributed by atoms with E-state index in [2.05, 4.69) is 20.8 Å². The summed E-state index contributed by atoms with van der Waals surface area (Å²) in [6, 6.07) is 0. The van der Waals surface area contributed by atoms with E-state index >= 15 is 0 Å². The van der Waals surface area contributed by atoms with Crippen molar-refractivity contribution in [2.45, 2.75) is 84.3 Å². The molecule has 2 bridgehead atoms. The van der Waals surface area contributed by atoms with Gasteiger partial charge in [-0.3, -0.25) is 4.79 Å². The second-order valence-electron chi connectivity index (χ2n) is 8.71. The lowest BCUT2D eigenvalue weighted by Crippen LogP contribution is -2.56. The molecule has 0 N–H and O–H groups in total. The summed E-state index contributed by atoms with van der Waals surface area (Å²) < 4.78 is 6.61. The zero-order valence-electron chi connectivity index (χ0n) is 13.2. The highest BCUT2D eigenvalue weighted by atomic mass is 16.5.